The van der Waals surface area contributed by atoms with Gasteiger partial charge in [-0.2, -0.15) is 0 Å². The van der Waals surface area contributed by atoms with Gasteiger partial charge < -0.3 is 5.32 Å². The smallest absolute Gasteiger partial charge is 0.254 e. The number of rotatable bonds is 3. The van der Waals surface area contributed by atoms with Crippen molar-refractivity contribution in [3.8, 4) is 0 Å². The minimum Gasteiger partial charge on any atom is -0.345 e. The van der Waals surface area contributed by atoms with Crippen LogP contribution in [-0.4, -0.2) is 15.5 Å². The molecule has 4 nitrogen and oxygen atoms in total. The van der Waals surface area contributed by atoms with Crippen LogP contribution in [0.4, 0.5) is 0 Å². The Morgan fingerprint density at radius 2 is 2.30 bits per heavy atom. The van der Waals surface area contributed by atoms with Crippen molar-refractivity contribution in [1.29, 1.82) is 0 Å². The van der Waals surface area contributed by atoms with Gasteiger partial charge in [0, 0.05) is 10.4 Å². The van der Waals surface area contributed by atoms with Crippen LogP contribution in [0.5, 0.6) is 0 Å². The van der Waals surface area contributed by atoms with Crippen molar-refractivity contribution in [2.75, 3.05) is 0 Å². The second-order valence-electron chi connectivity index (χ2n) is 4.31. The lowest BCUT2D eigenvalue weighted by molar-refractivity contribution is 0.0942. The Hall–Kier alpha value is -1.50. The molecule has 0 saturated carbocycles. The second-order valence-corrected chi connectivity index (χ2v) is 6.36. The van der Waals surface area contributed by atoms with Gasteiger partial charge in [0.25, 0.3) is 5.91 Å². The first kappa shape index (κ1) is 13.5. The molecule has 0 saturated heterocycles. The minimum atomic E-state index is -0.116. The van der Waals surface area contributed by atoms with E-state index in [0.29, 0.717) is 10.6 Å². The van der Waals surface area contributed by atoms with Crippen LogP contribution >= 0.6 is 34.5 Å². The number of hydrogen-bond donors (Lipinski definition) is 1. The molecule has 0 fully saturated rings. The largest absolute Gasteiger partial charge is 0.345 e. The number of amides is 1. The fourth-order valence-electron chi connectivity index (χ4n) is 1.88. The second kappa shape index (κ2) is 5.47. The van der Waals surface area contributed by atoms with Gasteiger partial charge in [-0.05, 0) is 36.2 Å². The maximum absolute atomic E-state index is 12.3. The monoisotopic (exact) mass is 323 g/mol. The maximum Gasteiger partial charge on any atom is 0.254 e. The molecule has 20 heavy (non-hydrogen) atoms. The third-order valence-electron chi connectivity index (χ3n) is 2.93. The number of hydrogen-bond acceptors (Lipinski definition) is 5. The highest BCUT2D eigenvalue weighted by molar-refractivity contribution is 7.24. The first-order valence-electron chi connectivity index (χ1n) is 5.91. The van der Waals surface area contributed by atoms with E-state index in [0.717, 1.165) is 15.1 Å². The number of fused-ring (bicyclic) bond motifs is 1. The predicted molar refractivity (Wildman–Crippen MR) is 82.6 cm³/mol. The molecule has 0 aliphatic rings. The van der Waals surface area contributed by atoms with E-state index >= 15 is 0 Å². The molecule has 3 aromatic rings. The molecule has 0 radical (unpaired) electrons. The lowest BCUT2D eigenvalue weighted by Gasteiger charge is -2.14. The van der Waals surface area contributed by atoms with Gasteiger partial charge in [0.05, 0.1) is 16.3 Å². The summed E-state index contributed by atoms with van der Waals surface area (Å²) >= 11 is 8.63. The molecule has 0 aliphatic carbocycles. The molecular weight excluding hydrogens is 314 g/mol. The molecule has 7 heteroatoms. The highest BCUT2D eigenvalue weighted by Gasteiger charge is 2.17. The summed E-state index contributed by atoms with van der Waals surface area (Å²) < 4.78 is 4.70. The van der Waals surface area contributed by atoms with Crippen molar-refractivity contribution < 1.29 is 4.79 Å². The van der Waals surface area contributed by atoms with E-state index < -0.39 is 0 Å². The van der Waals surface area contributed by atoms with Crippen molar-refractivity contribution in [1.82, 2.24) is 14.9 Å². The molecule has 2 aromatic heterocycles. The van der Waals surface area contributed by atoms with Crippen molar-refractivity contribution in [3.05, 3.63) is 45.8 Å². The number of nitrogens with one attached hydrogen (secondary N) is 1. The molecule has 0 bridgehead atoms. The normalized spacial score (nSPS) is 12.5. The van der Waals surface area contributed by atoms with Crippen molar-refractivity contribution in [2.24, 2.45) is 0 Å². The number of benzene rings is 1. The third kappa shape index (κ3) is 2.54. The molecule has 3 rings (SSSR count). The van der Waals surface area contributed by atoms with Gasteiger partial charge in [0.15, 0.2) is 4.83 Å². The van der Waals surface area contributed by atoms with E-state index in [1.54, 1.807) is 0 Å². The molecular formula is C13H10ClN3OS2. The molecule has 102 valence electrons. The van der Waals surface area contributed by atoms with Gasteiger partial charge in [-0.3, -0.25) is 4.79 Å². The fraction of sp³-hybridized carbons (Fsp3) is 0.154. The van der Waals surface area contributed by atoms with Crippen LogP contribution in [0.2, 0.25) is 5.02 Å². The Balaban J connectivity index is 1.81. The zero-order valence-electron chi connectivity index (χ0n) is 10.5. The van der Waals surface area contributed by atoms with Gasteiger partial charge in [-0.25, -0.2) is 0 Å². The highest BCUT2D eigenvalue weighted by Crippen LogP contribution is 2.27. The fourth-order valence-corrected chi connectivity index (χ4v) is 3.80. The Bertz CT molecular complexity index is 768. The third-order valence-corrected chi connectivity index (χ3v) is 4.92. The topological polar surface area (TPSA) is 54.9 Å². The first-order valence-corrected chi connectivity index (χ1v) is 7.94. The van der Waals surface area contributed by atoms with Crippen LogP contribution in [0.3, 0.4) is 0 Å². The number of carbonyl (C=O) groups is 1. The molecule has 1 amide bonds. The number of carbonyl (C=O) groups excluding carboxylic acids is 1. The van der Waals surface area contributed by atoms with Gasteiger partial charge >= 0.3 is 0 Å². The zero-order valence-corrected chi connectivity index (χ0v) is 12.9. The highest BCUT2D eigenvalue weighted by atomic mass is 35.5. The van der Waals surface area contributed by atoms with Crippen molar-refractivity contribution >= 4 is 49.9 Å². The Labute approximate surface area is 128 Å². The summed E-state index contributed by atoms with van der Waals surface area (Å²) in [6.07, 6.45) is 0. The molecule has 0 spiro atoms. The standard InChI is InChI=1S/C13H10ClN3OS2/c1-7(8-3-2-4-9(14)5-8)15-12(18)10-6-19-13-11(10)20-17-16-13/h2-7H,1H3,(H,15,18). The summed E-state index contributed by atoms with van der Waals surface area (Å²) in [5.74, 6) is -0.116. The Morgan fingerprint density at radius 1 is 1.45 bits per heavy atom. The van der Waals surface area contributed by atoms with Gasteiger partial charge in [-0.1, -0.05) is 28.2 Å². The van der Waals surface area contributed by atoms with Gasteiger partial charge in [-0.15, -0.1) is 16.4 Å². The van der Waals surface area contributed by atoms with E-state index in [1.807, 2.05) is 36.6 Å². The van der Waals surface area contributed by atoms with Gasteiger partial charge in [0.1, 0.15) is 0 Å². The zero-order chi connectivity index (χ0) is 14.1. The Morgan fingerprint density at radius 3 is 3.10 bits per heavy atom. The summed E-state index contributed by atoms with van der Waals surface area (Å²) in [4.78, 5) is 13.1. The number of nitrogens with zero attached hydrogens (tertiary/aromatic N) is 2. The maximum atomic E-state index is 12.3. The average Bonchev–Trinajstić information content (AvgIpc) is 3.00. The van der Waals surface area contributed by atoms with Crippen LogP contribution in [0.15, 0.2) is 29.6 Å². The van der Waals surface area contributed by atoms with E-state index in [-0.39, 0.29) is 11.9 Å². The van der Waals surface area contributed by atoms with E-state index in [9.17, 15) is 4.79 Å². The van der Waals surface area contributed by atoms with E-state index in [2.05, 4.69) is 14.9 Å². The summed E-state index contributed by atoms with van der Waals surface area (Å²) in [5, 5.41) is 9.40. The van der Waals surface area contributed by atoms with Crippen LogP contribution < -0.4 is 5.32 Å². The summed E-state index contributed by atoms with van der Waals surface area (Å²) in [7, 11) is 0. The molecule has 0 aliphatic heterocycles. The van der Waals surface area contributed by atoms with Crippen LogP contribution in [0.1, 0.15) is 28.9 Å². The van der Waals surface area contributed by atoms with Crippen LogP contribution in [-0.2, 0) is 0 Å². The number of aromatic nitrogens is 2. The first-order chi connectivity index (χ1) is 9.65. The quantitative estimate of drug-likeness (QED) is 0.795. The molecule has 1 N–H and O–H groups in total. The summed E-state index contributed by atoms with van der Waals surface area (Å²) in [6, 6.07) is 7.36. The summed E-state index contributed by atoms with van der Waals surface area (Å²) in [6.45, 7) is 1.93. The summed E-state index contributed by atoms with van der Waals surface area (Å²) in [5.41, 5.74) is 1.61. The molecule has 1 atom stereocenters. The number of halogens is 1. The SMILES string of the molecule is CC(NC(=O)c1csc2nnsc12)c1cccc(Cl)c1. The van der Waals surface area contributed by atoms with E-state index in [4.69, 9.17) is 11.6 Å². The molecule has 2 heterocycles. The van der Waals surface area contributed by atoms with E-state index in [1.165, 1.54) is 22.9 Å². The predicted octanol–water partition coefficient (Wildman–Crippen LogP) is 3.90. The lowest BCUT2D eigenvalue weighted by atomic mass is 10.1. The van der Waals surface area contributed by atoms with Crippen molar-refractivity contribution in [3.63, 3.8) is 0 Å². The van der Waals surface area contributed by atoms with Crippen molar-refractivity contribution in [2.45, 2.75) is 13.0 Å². The lowest BCUT2D eigenvalue weighted by Crippen LogP contribution is -2.26. The number of thiophene rings is 1. The Kier molecular flexibility index (Phi) is 3.69. The van der Waals surface area contributed by atoms with Crippen LogP contribution in [0.25, 0.3) is 9.53 Å². The molecule has 1 aromatic carbocycles. The van der Waals surface area contributed by atoms with Gasteiger partial charge in [0.2, 0.25) is 0 Å². The minimum absolute atomic E-state index is 0.114. The average molecular weight is 324 g/mol. The van der Waals surface area contributed by atoms with Crippen LogP contribution in [0, 0.1) is 0 Å². The molecule has 1 unspecified atom stereocenters.